The van der Waals surface area contributed by atoms with Gasteiger partial charge in [0, 0.05) is 17.6 Å². The van der Waals surface area contributed by atoms with Crippen LogP contribution in [-0.4, -0.2) is 32.5 Å². The highest BCUT2D eigenvalue weighted by atomic mass is 79.9. The maximum Gasteiger partial charge on any atom is 0.306 e. The zero-order valence-electron chi connectivity index (χ0n) is 11.1. The second-order valence-corrected chi connectivity index (χ2v) is 5.41. The smallest absolute Gasteiger partial charge is 0.306 e. The van der Waals surface area contributed by atoms with Gasteiger partial charge < -0.3 is 10.4 Å². The van der Waals surface area contributed by atoms with E-state index in [0.717, 1.165) is 10.0 Å². The van der Waals surface area contributed by atoms with Gasteiger partial charge in [0.25, 0.3) is 0 Å². The predicted octanol–water partition coefficient (Wildman–Crippen LogP) is 1.70. The normalized spacial score (nSPS) is 12.3. The molecular formula is C13H15BrN4O3. The number of hydrogen-bond acceptors (Lipinski definition) is 5. The fraction of sp³-hybridized carbons (Fsp3) is 0.308. The summed E-state index contributed by atoms with van der Waals surface area (Å²) >= 11 is 3.45. The topological polar surface area (TPSA) is 93.2 Å². The summed E-state index contributed by atoms with van der Waals surface area (Å²) in [7, 11) is 0. The van der Waals surface area contributed by atoms with E-state index >= 15 is 0 Å². The van der Waals surface area contributed by atoms with E-state index in [1.54, 1.807) is 0 Å². The molecule has 1 unspecified atom stereocenters. The molecule has 0 aliphatic rings. The summed E-state index contributed by atoms with van der Waals surface area (Å²) in [6.45, 7) is 1.20. The molecule has 1 aromatic heterocycles. The average Bonchev–Trinajstić information content (AvgIpc) is 2.89. The first-order chi connectivity index (χ1) is 10.1. The van der Waals surface area contributed by atoms with Crippen LogP contribution >= 0.6 is 15.9 Å². The number of benzene rings is 1. The number of hydrogen-bond donors (Lipinski definition) is 2. The van der Waals surface area contributed by atoms with Gasteiger partial charge in [-0.3, -0.25) is 14.8 Å². The van der Waals surface area contributed by atoms with E-state index in [2.05, 4.69) is 26.3 Å². The number of rotatable bonds is 7. The van der Waals surface area contributed by atoms with E-state index < -0.39 is 11.0 Å². The average molecular weight is 355 g/mol. The molecule has 0 spiro atoms. The molecule has 7 nitrogen and oxygen atoms in total. The number of halogens is 1. The van der Waals surface area contributed by atoms with Crippen LogP contribution in [-0.2, 0) is 13.1 Å². The lowest BCUT2D eigenvalue weighted by Gasteiger charge is -2.12. The van der Waals surface area contributed by atoms with Crippen LogP contribution in [0.5, 0.6) is 0 Å². The lowest BCUT2D eigenvalue weighted by atomic mass is 10.2. The number of nitrogens with zero attached hydrogens (tertiary/aromatic N) is 3. The van der Waals surface area contributed by atoms with Crippen LogP contribution in [0.15, 0.2) is 41.1 Å². The molecule has 8 heteroatoms. The molecule has 2 rings (SSSR count). The van der Waals surface area contributed by atoms with Crippen LogP contribution in [0, 0.1) is 10.1 Å². The molecule has 1 atom stereocenters. The standard InChI is InChI=1S/C13H15BrN4O3/c14-13-4-2-1-3-10(13)5-15-7-12(19)9-17-8-11(6-16-17)18(20)21/h1-4,6,8,12,15,19H,5,7,9H2. The van der Waals surface area contributed by atoms with Crippen LogP contribution in [0.2, 0.25) is 0 Å². The fourth-order valence-corrected chi connectivity index (χ4v) is 2.27. The zero-order chi connectivity index (χ0) is 15.2. The molecule has 1 heterocycles. The van der Waals surface area contributed by atoms with Crippen LogP contribution < -0.4 is 5.32 Å². The Bertz CT molecular complexity index is 617. The van der Waals surface area contributed by atoms with E-state index in [0.29, 0.717) is 13.1 Å². The first-order valence-corrected chi connectivity index (χ1v) is 7.14. The molecule has 21 heavy (non-hydrogen) atoms. The van der Waals surface area contributed by atoms with Crippen molar-refractivity contribution in [3.8, 4) is 0 Å². The molecule has 112 valence electrons. The predicted molar refractivity (Wildman–Crippen MR) is 80.7 cm³/mol. The third-order valence-corrected chi connectivity index (χ3v) is 3.66. The molecule has 0 fully saturated rings. The third kappa shape index (κ3) is 4.62. The highest BCUT2D eigenvalue weighted by Gasteiger charge is 2.11. The summed E-state index contributed by atoms with van der Waals surface area (Å²) in [6, 6.07) is 7.82. The van der Waals surface area contributed by atoms with Gasteiger partial charge >= 0.3 is 5.69 Å². The van der Waals surface area contributed by atoms with Gasteiger partial charge in [-0.05, 0) is 11.6 Å². The van der Waals surface area contributed by atoms with Gasteiger partial charge in [0.1, 0.15) is 12.4 Å². The minimum Gasteiger partial charge on any atom is -0.390 e. The van der Waals surface area contributed by atoms with Crippen molar-refractivity contribution in [1.29, 1.82) is 0 Å². The molecule has 0 saturated heterocycles. The van der Waals surface area contributed by atoms with Crippen molar-refractivity contribution in [1.82, 2.24) is 15.1 Å². The van der Waals surface area contributed by atoms with Crippen molar-refractivity contribution in [2.75, 3.05) is 6.54 Å². The SMILES string of the molecule is O=[N+]([O-])c1cnn(CC(O)CNCc2ccccc2Br)c1. The van der Waals surface area contributed by atoms with Crippen molar-refractivity contribution >= 4 is 21.6 Å². The lowest BCUT2D eigenvalue weighted by molar-refractivity contribution is -0.385. The van der Waals surface area contributed by atoms with Crippen LogP contribution in [0.25, 0.3) is 0 Å². The van der Waals surface area contributed by atoms with E-state index in [4.69, 9.17) is 0 Å². The Morgan fingerprint density at radius 1 is 1.48 bits per heavy atom. The Morgan fingerprint density at radius 3 is 2.90 bits per heavy atom. The molecule has 0 amide bonds. The van der Waals surface area contributed by atoms with Crippen molar-refractivity contribution in [2.45, 2.75) is 19.2 Å². The monoisotopic (exact) mass is 354 g/mol. The fourth-order valence-electron chi connectivity index (χ4n) is 1.84. The minimum atomic E-state index is -0.674. The molecule has 2 N–H and O–H groups in total. The Kier molecular flexibility index (Phi) is 5.43. The molecule has 0 saturated carbocycles. The molecule has 1 aromatic carbocycles. The molecular weight excluding hydrogens is 340 g/mol. The molecule has 0 radical (unpaired) electrons. The maximum absolute atomic E-state index is 10.5. The van der Waals surface area contributed by atoms with E-state index in [1.807, 2.05) is 24.3 Å². The van der Waals surface area contributed by atoms with Gasteiger partial charge in [0.05, 0.1) is 17.6 Å². The Hall–Kier alpha value is -1.77. The summed E-state index contributed by atoms with van der Waals surface area (Å²) < 4.78 is 2.37. The molecule has 0 bridgehead atoms. The van der Waals surface area contributed by atoms with E-state index in [-0.39, 0.29) is 12.2 Å². The molecule has 0 aliphatic heterocycles. The Labute approximate surface area is 129 Å². The van der Waals surface area contributed by atoms with Crippen LogP contribution in [0.3, 0.4) is 0 Å². The number of aliphatic hydroxyl groups is 1. The van der Waals surface area contributed by atoms with Crippen LogP contribution in [0.4, 0.5) is 5.69 Å². The summed E-state index contributed by atoms with van der Waals surface area (Å²) in [5.41, 5.74) is 1.02. The lowest BCUT2D eigenvalue weighted by Crippen LogP contribution is -2.30. The summed E-state index contributed by atoms with van der Waals surface area (Å²) in [5.74, 6) is 0. The highest BCUT2D eigenvalue weighted by molar-refractivity contribution is 9.10. The van der Waals surface area contributed by atoms with Crippen LogP contribution in [0.1, 0.15) is 5.56 Å². The third-order valence-electron chi connectivity index (χ3n) is 2.88. The van der Waals surface area contributed by atoms with Crippen molar-refractivity contribution in [3.63, 3.8) is 0 Å². The first-order valence-electron chi connectivity index (χ1n) is 6.35. The van der Waals surface area contributed by atoms with Gasteiger partial charge in [0.15, 0.2) is 0 Å². The zero-order valence-corrected chi connectivity index (χ0v) is 12.7. The van der Waals surface area contributed by atoms with E-state index in [9.17, 15) is 15.2 Å². The van der Waals surface area contributed by atoms with Crippen molar-refractivity contribution < 1.29 is 10.0 Å². The quantitative estimate of drug-likeness (QED) is 0.583. The summed E-state index contributed by atoms with van der Waals surface area (Å²) in [5, 5.41) is 27.4. The maximum atomic E-state index is 10.5. The van der Waals surface area contributed by atoms with Gasteiger partial charge in [-0.15, -0.1) is 0 Å². The molecule has 2 aromatic rings. The van der Waals surface area contributed by atoms with E-state index in [1.165, 1.54) is 17.1 Å². The van der Waals surface area contributed by atoms with Gasteiger partial charge in [-0.2, -0.15) is 5.10 Å². The number of aromatic nitrogens is 2. The van der Waals surface area contributed by atoms with Crippen molar-refractivity contribution in [2.24, 2.45) is 0 Å². The number of nitro groups is 1. The second kappa shape index (κ2) is 7.30. The number of nitrogens with one attached hydrogen (secondary N) is 1. The minimum absolute atomic E-state index is 0.0802. The number of aliphatic hydroxyl groups excluding tert-OH is 1. The van der Waals surface area contributed by atoms with Crippen molar-refractivity contribution in [3.05, 3.63) is 56.8 Å². The van der Waals surface area contributed by atoms with Gasteiger partial charge in [0.2, 0.25) is 0 Å². The largest absolute Gasteiger partial charge is 0.390 e. The molecule has 0 aliphatic carbocycles. The first kappa shape index (κ1) is 15.6. The summed E-state index contributed by atoms with van der Waals surface area (Å²) in [6.07, 6.45) is 1.80. The second-order valence-electron chi connectivity index (χ2n) is 4.55. The Morgan fingerprint density at radius 2 is 2.24 bits per heavy atom. The summed E-state index contributed by atoms with van der Waals surface area (Å²) in [4.78, 5) is 10.0. The Balaban J connectivity index is 1.78. The highest BCUT2D eigenvalue weighted by Crippen LogP contribution is 2.15. The van der Waals surface area contributed by atoms with Gasteiger partial charge in [-0.25, -0.2) is 0 Å². The van der Waals surface area contributed by atoms with Gasteiger partial charge in [-0.1, -0.05) is 34.1 Å².